The number of nitrogens with two attached hydrogens (primary N) is 1. The summed E-state index contributed by atoms with van der Waals surface area (Å²) in [4.78, 5) is 43.5. The monoisotopic (exact) mass is 538 g/mol. The van der Waals surface area contributed by atoms with Crippen LogP contribution in [0.3, 0.4) is 0 Å². The molecule has 2 N–H and O–H groups in total. The van der Waals surface area contributed by atoms with E-state index in [0.717, 1.165) is 11.3 Å². The smallest absolute Gasteiger partial charge is 0.267 e. The summed E-state index contributed by atoms with van der Waals surface area (Å²) in [6.07, 6.45) is 3.18. The molecule has 0 bridgehead atoms. The first-order valence-electron chi connectivity index (χ1n) is 12.7. The highest BCUT2D eigenvalue weighted by Crippen LogP contribution is 2.42. The molecule has 1 aromatic heterocycles. The first kappa shape index (κ1) is 25.3. The van der Waals surface area contributed by atoms with Crippen LogP contribution in [-0.2, 0) is 23.4 Å². The second kappa shape index (κ2) is 9.64. The van der Waals surface area contributed by atoms with Crippen LogP contribution in [0.15, 0.2) is 90.3 Å². The van der Waals surface area contributed by atoms with E-state index in [1.54, 1.807) is 36.2 Å². The Balaban J connectivity index is 1.33. The molecule has 0 saturated heterocycles. The van der Waals surface area contributed by atoms with Crippen molar-refractivity contribution >= 4 is 17.8 Å². The molecule has 2 amide bonds. The fraction of sp³-hybridized carbons (Fsp3) is 0.167. The van der Waals surface area contributed by atoms with E-state index in [1.807, 2.05) is 6.07 Å². The largest absolute Gasteiger partial charge is 0.369 e. The van der Waals surface area contributed by atoms with Gasteiger partial charge in [0.15, 0.2) is 11.5 Å². The number of guanidine groups is 1. The number of halogens is 2. The maximum absolute atomic E-state index is 14.2. The summed E-state index contributed by atoms with van der Waals surface area (Å²) in [5, 5.41) is 0. The van der Waals surface area contributed by atoms with Crippen molar-refractivity contribution in [2.75, 3.05) is 0 Å². The number of benzene rings is 3. The zero-order chi connectivity index (χ0) is 28.0. The minimum Gasteiger partial charge on any atom is -0.369 e. The van der Waals surface area contributed by atoms with E-state index in [9.17, 15) is 18.4 Å². The van der Waals surface area contributed by atoms with Gasteiger partial charge >= 0.3 is 0 Å². The van der Waals surface area contributed by atoms with Crippen molar-refractivity contribution in [3.63, 3.8) is 0 Å². The van der Waals surface area contributed by atoms with Crippen molar-refractivity contribution in [1.82, 2.24) is 19.8 Å². The summed E-state index contributed by atoms with van der Waals surface area (Å²) in [5.74, 6) is -1.63. The first-order chi connectivity index (χ1) is 19.3. The summed E-state index contributed by atoms with van der Waals surface area (Å²) in [6, 6.07) is 17.3. The highest BCUT2D eigenvalue weighted by atomic mass is 19.1. The molecule has 1 atom stereocenters. The van der Waals surface area contributed by atoms with E-state index in [1.165, 1.54) is 59.8 Å². The van der Waals surface area contributed by atoms with E-state index >= 15 is 0 Å². The van der Waals surface area contributed by atoms with Gasteiger partial charge in [0.25, 0.3) is 11.8 Å². The van der Waals surface area contributed by atoms with Gasteiger partial charge in [-0.25, -0.2) is 23.7 Å². The van der Waals surface area contributed by atoms with Crippen molar-refractivity contribution < 1.29 is 18.4 Å². The highest BCUT2D eigenvalue weighted by Gasteiger charge is 2.52. The van der Waals surface area contributed by atoms with E-state index in [0.29, 0.717) is 35.3 Å². The Hall–Kier alpha value is -4.99. The van der Waals surface area contributed by atoms with Crippen molar-refractivity contribution in [2.45, 2.75) is 31.6 Å². The normalized spacial score (nSPS) is 16.6. The van der Waals surface area contributed by atoms with Crippen LogP contribution in [0.4, 0.5) is 8.78 Å². The minimum atomic E-state index is -1.63. The Morgan fingerprint density at radius 2 is 1.62 bits per heavy atom. The Labute approximate surface area is 228 Å². The molecular formula is C30H24F2N6O2. The molecule has 40 heavy (non-hydrogen) atoms. The molecule has 0 spiro atoms. The fourth-order valence-electron chi connectivity index (χ4n) is 5.36. The number of carbonyl (C=O) groups is 2. The highest BCUT2D eigenvalue weighted by molar-refractivity contribution is 6.09. The number of fused-ring (bicyclic) bond motifs is 1. The maximum Gasteiger partial charge on any atom is 0.267 e. The molecule has 0 aliphatic carbocycles. The number of hydrogen-bond acceptors (Lipinski definition) is 6. The lowest BCUT2D eigenvalue weighted by atomic mass is 9.82. The average Bonchev–Trinajstić information content (AvgIpc) is 3.52. The van der Waals surface area contributed by atoms with Gasteiger partial charge in [-0.15, -0.1) is 0 Å². The quantitative estimate of drug-likeness (QED) is 0.413. The van der Waals surface area contributed by atoms with Gasteiger partial charge in [-0.2, -0.15) is 0 Å². The molecule has 8 nitrogen and oxygen atoms in total. The third-order valence-corrected chi connectivity index (χ3v) is 7.45. The van der Waals surface area contributed by atoms with Gasteiger partial charge in [0.2, 0.25) is 0 Å². The topological polar surface area (TPSA) is 105 Å². The molecule has 3 aromatic carbocycles. The molecule has 2 aliphatic heterocycles. The molecule has 10 heteroatoms. The molecule has 2 aliphatic rings. The molecule has 6 rings (SSSR count). The van der Waals surface area contributed by atoms with Crippen LogP contribution in [0, 0.1) is 11.6 Å². The van der Waals surface area contributed by atoms with E-state index in [4.69, 9.17) is 5.73 Å². The molecule has 3 heterocycles. The van der Waals surface area contributed by atoms with Crippen LogP contribution in [0.5, 0.6) is 0 Å². The van der Waals surface area contributed by atoms with E-state index in [2.05, 4.69) is 15.0 Å². The molecule has 0 unspecified atom stereocenters. The van der Waals surface area contributed by atoms with Crippen LogP contribution < -0.4 is 5.73 Å². The van der Waals surface area contributed by atoms with Crippen LogP contribution in [-0.4, -0.2) is 37.5 Å². The minimum absolute atomic E-state index is 0.0450. The number of amides is 2. The van der Waals surface area contributed by atoms with Gasteiger partial charge in [-0.05, 0) is 60.0 Å². The Kier molecular flexibility index (Phi) is 6.10. The third kappa shape index (κ3) is 4.08. The second-order valence-electron chi connectivity index (χ2n) is 9.83. The SMILES string of the molecule is C[C@H](c1cccc(C(=O)N2Cc3cncnc3C2)c1)N1C(=O)C(c2ccc(F)cc2)(c2ccc(F)cc2)N=C1N. The third-order valence-electron chi connectivity index (χ3n) is 7.45. The summed E-state index contributed by atoms with van der Waals surface area (Å²) < 4.78 is 27.6. The van der Waals surface area contributed by atoms with Gasteiger partial charge < -0.3 is 10.6 Å². The summed E-state index contributed by atoms with van der Waals surface area (Å²) in [6.45, 7) is 2.59. The van der Waals surface area contributed by atoms with Crippen molar-refractivity contribution in [3.05, 3.63) is 130 Å². The van der Waals surface area contributed by atoms with Gasteiger partial charge in [-0.1, -0.05) is 36.4 Å². The van der Waals surface area contributed by atoms with Gasteiger partial charge in [0.05, 0.1) is 18.3 Å². The number of aromatic nitrogens is 2. The van der Waals surface area contributed by atoms with E-state index in [-0.39, 0.29) is 11.9 Å². The zero-order valence-electron chi connectivity index (χ0n) is 21.5. The van der Waals surface area contributed by atoms with Gasteiger partial charge in [0.1, 0.15) is 18.0 Å². The maximum atomic E-state index is 14.2. The summed E-state index contributed by atoms with van der Waals surface area (Å²) in [5.41, 5.74) is 8.39. The van der Waals surface area contributed by atoms with Gasteiger partial charge in [-0.3, -0.25) is 14.5 Å². The lowest BCUT2D eigenvalue weighted by Crippen LogP contribution is -2.44. The Morgan fingerprint density at radius 3 is 2.25 bits per heavy atom. The Bertz CT molecular complexity index is 1590. The van der Waals surface area contributed by atoms with Crippen LogP contribution >= 0.6 is 0 Å². The lowest BCUT2D eigenvalue weighted by Gasteiger charge is -2.30. The predicted molar refractivity (Wildman–Crippen MR) is 143 cm³/mol. The van der Waals surface area contributed by atoms with Crippen molar-refractivity contribution in [1.29, 1.82) is 0 Å². The molecule has 0 fully saturated rings. The lowest BCUT2D eigenvalue weighted by molar-refractivity contribution is -0.131. The summed E-state index contributed by atoms with van der Waals surface area (Å²) in [7, 11) is 0. The average molecular weight is 539 g/mol. The molecule has 0 saturated carbocycles. The number of hydrogen-bond donors (Lipinski definition) is 1. The Morgan fingerprint density at radius 1 is 0.975 bits per heavy atom. The van der Waals surface area contributed by atoms with Crippen molar-refractivity contribution in [2.24, 2.45) is 10.7 Å². The number of aliphatic imine (C=N–C) groups is 1. The van der Waals surface area contributed by atoms with Crippen LogP contribution in [0.25, 0.3) is 0 Å². The van der Waals surface area contributed by atoms with E-state index < -0.39 is 29.1 Å². The molecule has 4 aromatic rings. The van der Waals surface area contributed by atoms with Gasteiger partial charge in [0, 0.05) is 23.9 Å². The van der Waals surface area contributed by atoms with Crippen LogP contribution in [0.2, 0.25) is 0 Å². The molecular weight excluding hydrogens is 514 g/mol. The standard InChI is InChI=1S/C30H24F2N6O2/c1-18(19-3-2-4-20(13-19)27(39)37-15-21-14-34-17-35-26(21)16-37)38-28(40)30(36-29(38)33,22-5-9-24(31)10-6-22)23-7-11-25(32)12-8-23/h2-14,17-18H,15-16H2,1H3,(H2,33,36)/t18-/m1/s1. The summed E-state index contributed by atoms with van der Waals surface area (Å²) >= 11 is 0. The molecule has 200 valence electrons. The number of nitrogens with zero attached hydrogens (tertiary/aromatic N) is 5. The second-order valence-corrected chi connectivity index (χ2v) is 9.83. The predicted octanol–water partition coefficient (Wildman–Crippen LogP) is 4.07. The van der Waals surface area contributed by atoms with Crippen molar-refractivity contribution in [3.8, 4) is 0 Å². The zero-order valence-corrected chi connectivity index (χ0v) is 21.5. The van der Waals surface area contributed by atoms with Crippen LogP contribution in [0.1, 0.15) is 51.3 Å². The molecule has 0 radical (unpaired) electrons. The number of rotatable bonds is 5. The first-order valence-corrected chi connectivity index (χ1v) is 12.7. The number of carbonyl (C=O) groups excluding carboxylic acids is 2. The fourth-order valence-corrected chi connectivity index (χ4v) is 5.36.